The van der Waals surface area contributed by atoms with Gasteiger partial charge >= 0.3 is 5.97 Å². The number of hydrogen-bond acceptors (Lipinski definition) is 3. The second-order valence-electron chi connectivity index (χ2n) is 6.30. The SMILES string of the molecule is COC(=O)c1c(C)cccc1O[Si](C)(C)C(C)(C)C. The Morgan fingerprint density at radius 2 is 1.79 bits per heavy atom. The Morgan fingerprint density at radius 1 is 1.21 bits per heavy atom. The number of aryl methyl sites for hydroxylation is 1. The van der Waals surface area contributed by atoms with E-state index in [9.17, 15) is 4.79 Å². The molecule has 0 radical (unpaired) electrons. The summed E-state index contributed by atoms with van der Waals surface area (Å²) in [5.74, 6) is 0.297. The number of benzene rings is 1. The maximum absolute atomic E-state index is 11.9. The first-order valence-electron chi connectivity index (χ1n) is 6.47. The number of carbonyl (C=O) groups is 1. The summed E-state index contributed by atoms with van der Waals surface area (Å²) in [6.07, 6.45) is 0. The molecule has 0 amide bonds. The molecule has 0 fully saturated rings. The third kappa shape index (κ3) is 3.38. The van der Waals surface area contributed by atoms with Crippen molar-refractivity contribution in [3.05, 3.63) is 29.3 Å². The van der Waals surface area contributed by atoms with Crippen molar-refractivity contribution in [2.75, 3.05) is 7.11 Å². The van der Waals surface area contributed by atoms with Crippen LogP contribution in [-0.2, 0) is 4.74 Å². The first-order chi connectivity index (χ1) is 8.60. The Kier molecular flexibility index (Phi) is 4.45. The maximum atomic E-state index is 11.9. The van der Waals surface area contributed by atoms with Crippen LogP contribution in [-0.4, -0.2) is 21.4 Å². The van der Waals surface area contributed by atoms with Gasteiger partial charge < -0.3 is 9.16 Å². The van der Waals surface area contributed by atoms with Crippen LogP contribution >= 0.6 is 0 Å². The lowest BCUT2D eigenvalue weighted by atomic mass is 10.1. The van der Waals surface area contributed by atoms with Crippen molar-refractivity contribution < 1.29 is 14.0 Å². The van der Waals surface area contributed by atoms with Crippen LogP contribution in [0, 0.1) is 6.92 Å². The van der Waals surface area contributed by atoms with E-state index in [4.69, 9.17) is 9.16 Å². The van der Waals surface area contributed by atoms with E-state index in [1.807, 2.05) is 25.1 Å². The standard InChI is InChI=1S/C15H24O3Si/c1-11-9-8-10-12(13(11)14(16)17-5)18-19(6,7)15(2,3)4/h8-10H,1-7H3. The molecule has 0 unspecified atom stereocenters. The van der Waals surface area contributed by atoms with Gasteiger partial charge in [0.15, 0.2) is 0 Å². The molecular weight excluding hydrogens is 256 g/mol. The van der Waals surface area contributed by atoms with Crippen molar-refractivity contribution in [1.82, 2.24) is 0 Å². The minimum atomic E-state index is -1.97. The fourth-order valence-corrected chi connectivity index (χ4v) is 2.54. The summed E-state index contributed by atoms with van der Waals surface area (Å²) in [7, 11) is -0.573. The van der Waals surface area contributed by atoms with Crippen LogP contribution < -0.4 is 4.43 Å². The maximum Gasteiger partial charge on any atom is 0.341 e. The molecule has 0 aliphatic carbocycles. The van der Waals surface area contributed by atoms with Crippen molar-refractivity contribution in [3.8, 4) is 5.75 Å². The van der Waals surface area contributed by atoms with Crippen LogP contribution in [0.4, 0.5) is 0 Å². The molecular formula is C15H24O3Si. The monoisotopic (exact) mass is 280 g/mol. The zero-order chi connectivity index (χ0) is 14.8. The van der Waals surface area contributed by atoms with E-state index in [1.165, 1.54) is 7.11 Å². The molecule has 1 rings (SSSR count). The third-order valence-corrected chi connectivity index (χ3v) is 8.14. The van der Waals surface area contributed by atoms with E-state index in [2.05, 4.69) is 33.9 Å². The van der Waals surface area contributed by atoms with E-state index >= 15 is 0 Å². The van der Waals surface area contributed by atoms with Crippen molar-refractivity contribution >= 4 is 14.3 Å². The lowest BCUT2D eigenvalue weighted by Crippen LogP contribution is -2.44. The van der Waals surface area contributed by atoms with Crippen molar-refractivity contribution in [2.24, 2.45) is 0 Å². The zero-order valence-electron chi connectivity index (χ0n) is 13.0. The van der Waals surface area contributed by atoms with Gasteiger partial charge in [0, 0.05) is 0 Å². The molecule has 0 atom stereocenters. The number of hydrogen-bond donors (Lipinski definition) is 0. The van der Waals surface area contributed by atoms with Crippen LogP contribution in [0.3, 0.4) is 0 Å². The highest BCUT2D eigenvalue weighted by Crippen LogP contribution is 2.38. The molecule has 0 aliphatic rings. The van der Waals surface area contributed by atoms with E-state index in [1.54, 1.807) is 0 Å². The smallest absolute Gasteiger partial charge is 0.341 e. The Labute approximate surface area is 117 Å². The highest BCUT2D eigenvalue weighted by atomic mass is 28.4. The molecule has 0 spiro atoms. The van der Waals surface area contributed by atoms with E-state index in [-0.39, 0.29) is 11.0 Å². The Hall–Kier alpha value is -1.29. The van der Waals surface area contributed by atoms with Crippen LogP contribution in [0.25, 0.3) is 0 Å². The first kappa shape index (κ1) is 15.8. The molecule has 19 heavy (non-hydrogen) atoms. The molecule has 3 nitrogen and oxygen atoms in total. The molecule has 0 saturated heterocycles. The lowest BCUT2D eigenvalue weighted by Gasteiger charge is -2.37. The van der Waals surface area contributed by atoms with E-state index in [0.717, 1.165) is 5.56 Å². The van der Waals surface area contributed by atoms with Crippen molar-refractivity contribution in [3.63, 3.8) is 0 Å². The Balaban J connectivity index is 3.23. The summed E-state index contributed by atoms with van der Waals surface area (Å²) < 4.78 is 11.1. The van der Waals surface area contributed by atoms with Crippen molar-refractivity contribution in [1.29, 1.82) is 0 Å². The summed E-state index contributed by atoms with van der Waals surface area (Å²) in [6.45, 7) is 12.7. The van der Waals surface area contributed by atoms with Gasteiger partial charge in [-0.05, 0) is 36.7 Å². The second kappa shape index (κ2) is 5.37. The summed E-state index contributed by atoms with van der Waals surface area (Å²) in [4.78, 5) is 11.9. The van der Waals surface area contributed by atoms with Gasteiger partial charge in [0.2, 0.25) is 0 Å². The fraction of sp³-hybridized carbons (Fsp3) is 0.533. The number of methoxy groups -OCH3 is 1. The highest BCUT2D eigenvalue weighted by molar-refractivity contribution is 6.74. The van der Waals surface area contributed by atoms with Gasteiger partial charge in [-0.25, -0.2) is 4.79 Å². The molecule has 0 aromatic heterocycles. The van der Waals surface area contributed by atoms with Crippen LogP contribution in [0.1, 0.15) is 36.7 Å². The summed E-state index contributed by atoms with van der Waals surface area (Å²) in [5, 5.41) is 0.0874. The Morgan fingerprint density at radius 3 is 2.26 bits per heavy atom. The number of carbonyl (C=O) groups excluding carboxylic acids is 1. The summed E-state index contributed by atoms with van der Waals surface area (Å²) in [5.41, 5.74) is 1.41. The van der Waals surface area contributed by atoms with Crippen LogP contribution in [0.5, 0.6) is 5.75 Å². The molecule has 0 N–H and O–H groups in total. The lowest BCUT2D eigenvalue weighted by molar-refractivity contribution is 0.0597. The molecule has 0 heterocycles. The minimum Gasteiger partial charge on any atom is -0.543 e. The molecule has 0 saturated carbocycles. The minimum absolute atomic E-state index is 0.0874. The van der Waals surface area contributed by atoms with Gasteiger partial charge in [-0.1, -0.05) is 32.9 Å². The predicted octanol–water partition coefficient (Wildman–Crippen LogP) is 4.17. The third-order valence-electron chi connectivity index (χ3n) is 3.80. The quantitative estimate of drug-likeness (QED) is 0.616. The topological polar surface area (TPSA) is 35.5 Å². The number of ether oxygens (including phenoxy) is 1. The second-order valence-corrected chi connectivity index (χ2v) is 11.0. The van der Waals surface area contributed by atoms with Gasteiger partial charge in [0.25, 0.3) is 8.32 Å². The van der Waals surface area contributed by atoms with Gasteiger partial charge in [0.05, 0.1) is 7.11 Å². The summed E-state index contributed by atoms with van der Waals surface area (Å²) >= 11 is 0. The zero-order valence-corrected chi connectivity index (χ0v) is 14.0. The van der Waals surface area contributed by atoms with Gasteiger partial charge in [-0.15, -0.1) is 0 Å². The molecule has 1 aromatic rings. The summed E-state index contributed by atoms with van der Waals surface area (Å²) in [6, 6.07) is 5.65. The van der Waals surface area contributed by atoms with E-state index in [0.29, 0.717) is 11.3 Å². The molecule has 4 heteroatoms. The van der Waals surface area contributed by atoms with Crippen molar-refractivity contribution in [2.45, 2.75) is 45.8 Å². The fourth-order valence-electron chi connectivity index (χ4n) is 1.52. The van der Waals surface area contributed by atoms with Gasteiger partial charge in [0.1, 0.15) is 11.3 Å². The number of esters is 1. The van der Waals surface area contributed by atoms with E-state index < -0.39 is 8.32 Å². The average molecular weight is 280 g/mol. The normalized spacial score (nSPS) is 12.2. The van der Waals surface area contributed by atoms with Gasteiger partial charge in [-0.2, -0.15) is 0 Å². The molecule has 0 bridgehead atoms. The average Bonchev–Trinajstić information content (AvgIpc) is 2.26. The van der Waals surface area contributed by atoms with Gasteiger partial charge in [-0.3, -0.25) is 0 Å². The highest BCUT2D eigenvalue weighted by Gasteiger charge is 2.39. The Bertz CT molecular complexity index is 473. The first-order valence-corrected chi connectivity index (χ1v) is 9.38. The van der Waals surface area contributed by atoms with Crippen LogP contribution in [0.15, 0.2) is 18.2 Å². The molecule has 106 valence electrons. The van der Waals surface area contributed by atoms with Crippen LogP contribution in [0.2, 0.25) is 18.1 Å². The largest absolute Gasteiger partial charge is 0.543 e. The molecule has 0 aliphatic heterocycles. The predicted molar refractivity (Wildman–Crippen MR) is 80.3 cm³/mol. The number of rotatable bonds is 3. The molecule has 1 aromatic carbocycles.